The van der Waals surface area contributed by atoms with Gasteiger partial charge in [0.1, 0.15) is 17.5 Å². The summed E-state index contributed by atoms with van der Waals surface area (Å²) in [6.07, 6.45) is 3.52. The summed E-state index contributed by atoms with van der Waals surface area (Å²) in [5, 5.41) is 2.19. The number of rotatable bonds is 2. The van der Waals surface area contributed by atoms with Gasteiger partial charge in [0.2, 0.25) is 0 Å². The van der Waals surface area contributed by atoms with E-state index in [1.807, 2.05) is 18.3 Å². The molecule has 0 amide bonds. The predicted molar refractivity (Wildman–Crippen MR) is 82.2 cm³/mol. The van der Waals surface area contributed by atoms with Crippen LogP contribution in [0.2, 0.25) is 0 Å². The van der Waals surface area contributed by atoms with Crippen molar-refractivity contribution >= 4 is 23.0 Å². The molecule has 2 aromatic rings. The van der Waals surface area contributed by atoms with Gasteiger partial charge < -0.3 is 10.6 Å². The second-order valence-electron chi connectivity index (χ2n) is 5.73. The lowest BCUT2D eigenvalue weighted by Crippen LogP contribution is -2.31. The van der Waals surface area contributed by atoms with E-state index in [2.05, 4.69) is 21.3 Å². The zero-order valence-corrected chi connectivity index (χ0v) is 12.4. The largest absolute Gasteiger partial charge is 0.383 e. The van der Waals surface area contributed by atoms with E-state index in [1.165, 1.54) is 23.3 Å². The summed E-state index contributed by atoms with van der Waals surface area (Å²) >= 11 is 1.86. The molecule has 2 aromatic heterocycles. The van der Waals surface area contributed by atoms with E-state index >= 15 is 0 Å². The van der Waals surface area contributed by atoms with Crippen molar-refractivity contribution < 1.29 is 0 Å². The zero-order valence-electron chi connectivity index (χ0n) is 11.6. The average molecular weight is 286 g/mol. The molecule has 0 aromatic carbocycles. The van der Waals surface area contributed by atoms with Crippen LogP contribution in [-0.2, 0) is 13.0 Å². The molecule has 2 aliphatic rings. The second kappa shape index (κ2) is 4.45. The molecule has 1 aliphatic heterocycles. The maximum absolute atomic E-state index is 6.09. The summed E-state index contributed by atoms with van der Waals surface area (Å²) in [5.74, 6) is 3.17. The highest BCUT2D eigenvalue weighted by Gasteiger charge is 2.29. The molecular weight excluding hydrogens is 268 g/mol. The van der Waals surface area contributed by atoms with E-state index in [9.17, 15) is 0 Å². The van der Waals surface area contributed by atoms with Crippen LogP contribution in [0.5, 0.6) is 0 Å². The second-order valence-corrected chi connectivity index (χ2v) is 6.73. The topological polar surface area (TPSA) is 55.0 Å². The van der Waals surface area contributed by atoms with Crippen LogP contribution in [0.25, 0.3) is 0 Å². The van der Waals surface area contributed by atoms with Crippen molar-refractivity contribution in [3.63, 3.8) is 0 Å². The standard InChI is InChI=1S/C15H18N4S/c1-9-13(16)17-14(10-2-3-10)18-15(9)19-6-4-12-11(8-19)5-7-20-12/h5,7,10H,2-4,6,8H2,1H3,(H2,16,17,18). The molecule has 3 heterocycles. The fraction of sp³-hybridized carbons (Fsp3) is 0.467. The molecule has 4 nitrogen and oxygen atoms in total. The molecule has 0 spiro atoms. The smallest absolute Gasteiger partial charge is 0.137 e. The average Bonchev–Trinajstić information content (AvgIpc) is 3.19. The minimum absolute atomic E-state index is 0.540. The Hall–Kier alpha value is -1.62. The highest BCUT2D eigenvalue weighted by Crippen LogP contribution is 2.40. The lowest BCUT2D eigenvalue weighted by atomic mass is 10.1. The maximum Gasteiger partial charge on any atom is 0.137 e. The molecule has 1 fully saturated rings. The number of hydrogen-bond donors (Lipinski definition) is 1. The number of nitrogen functional groups attached to an aromatic ring is 1. The van der Waals surface area contributed by atoms with Crippen molar-refractivity contribution in [3.8, 4) is 0 Å². The Bertz CT molecular complexity index is 660. The fourth-order valence-corrected chi connectivity index (χ4v) is 3.69. The number of nitrogens with zero attached hydrogens (tertiary/aromatic N) is 3. The summed E-state index contributed by atoms with van der Waals surface area (Å²) in [4.78, 5) is 13.2. The van der Waals surface area contributed by atoms with Crippen LogP contribution in [0.15, 0.2) is 11.4 Å². The Morgan fingerprint density at radius 3 is 3.00 bits per heavy atom. The van der Waals surface area contributed by atoms with Gasteiger partial charge in [-0.05, 0) is 43.2 Å². The SMILES string of the molecule is Cc1c(N)nc(C2CC2)nc1N1CCc2sccc2C1. The predicted octanol–water partition coefficient (Wildman–Crippen LogP) is 2.87. The maximum atomic E-state index is 6.09. The third-order valence-corrected chi connectivity index (χ3v) is 5.25. The van der Waals surface area contributed by atoms with Gasteiger partial charge in [-0.1, -0.05) is 0 Å². The van der Waals surface area contributed by atoms with E-state index in [1.54, 1.807) is 0 Å². The summed E-state index contributed by atoms with van der Waals surface area (Å²) in [6, 6.07) is 2.23. The monoisotopic (exact) mass is 286 g/mol. The summed E-state index contributed by atoms with van der Waals surface area (Å²) < 4.78 is 0. The first kappa shape index (κ1) is 12.1. The van der Waals surface area contributed by atoms with Gasteiger partial charge in [-0.2, -0.15) is 0 Å². The highest BCUT2D eigenvalue weighted by atomic mass is 32.1. The molecule has 5 heteroatoms. The van der Waals surface area contributed by atoms with E-state index in [0.717, 1.165) is 36.7 Å². The van der Waals surface area contributed by atoms with Crippen molar-refractivity contribution in [3.05, 3.63) is 33.3 Å². The summed E-state index contributed by atoms with van der Waals surface area (Å²) in [5.41, 5.74) is 8.55. The quantitative estimate of drug-likeness (QED) is 0.922. The van der Waals surface area contributed by atoms with Gasteiger partial charge in [0.15, 0.2) is 0 Å². The number of thiophene rings is 1. The molecule has 0 atom stereocenters. The summed E-state index contributed by atoms with van der Waals surface area (Å²) in [7, 11) is 0. The van der Waals surface area contributed by atoms with E-state index in [-0.39, 0.29) is 0 Å². The Kier molecular flexibility index (Phi) is 2.70. The number of hydrogen-bond acceptors (Lipinski definition) is 5. The Morgan fingerprint density at radius 1 is 1.35 bits per heavy atom. The van der Waals surface area contributed by atoms with Crippen LogP contribution < -0.4 is 10.6 Å². The van der Waals surface area contributed by atoms with Crippen molar-refractivity contribution in [1.82, 2.24) is 9.97 Å². The van der Waals surface area contributed by atoms with Crippen molar-refractivity contribution in [2.45, 2.75) is 38.6 Å². The van der Waals surface area contributed by atoms with Gasteiger partial charge in [0, 0.05) is 29.4 Å². The van der Waals surface area contributed by atoms with Gasteiger partial charge in [-0.25, -0.2) is 9.97 Å². The van der Waals surface area contributed by atoms with Gasteiger partial charge in [-0.3, -0.25) is 0 Å². The molecule has 4 rings (SSSR count). The zero-order chi connectivity index (χ0) is 13.7. The minimum atomic E-state index is 0.540. The van der Waals surface area contributed by atoms with Crippen LogP contribution in [0.3, 0.4) is 0 Å². The van der Waals surface area contributed by atoms with Crippen LogP contribution in [0.1, 0.15) is 40.6 Å². The Labute approximate surface area is 122 Å². The third-order valence-electron chi connectivity index (χ3n) is 4.22. The first-order chi connectivity index (χ1) is 9.72. The van der Waals surface area contributed by atoms with Crippen LogP contribution >= 0.6 is 11.3 Å². The van der Waals surface area contributed by atoms with Gasteiger partial charge >= 0.3 is 0 Å². The molecule has 20 heavy (non-hydrogen) atoms. The van der Waals surface area contributed by atoms with Crippen molar-refractivity contribution in [2.75, 3.05) is 17.2 Å². The number of fused-ring (bicyclic) bond motifs is 1. The first-order valence-corrected chi connectivity index (χ1v) is 8.04. The fourth-order valence-electron chi connectivity index (χ4n) is 2.80. The minimum Gasteiger partial charge on any atom is -0.383 e. The Morgan fingerprint density at radius 2 is 2.20 bits per heavy atom. The van der Waals surface area contributed by atoms with Crippen molar-refractivity contribution in [2.24, 2.45) is 0 Å². The number of nitrogens with two attached hydrogens (primary N) is 1. The van der Waals surface area contributed by atoms with Crippen LogP contribution in [0.4, 0.5) is 11.6 Å². The molecule has 0 unspecified atom stereocenters. The molecule has 1 aliphatic carbocycles. The molecule has 0 radical (unpaired) electrons. The van der Waals surface area contributed by atoms with Crippen LogP contribution in [0, 0.1) is 6.92 Å². The molecule has 0 saturated heterocycles. The Balaban J connectivity index is 1.71. The number of anilines is 2. The highest BCUT2D eigenvalue weighted by molar-refractivity contribution is 7.10. The van der Waals surface area contributed by atoms with Gasteiger partial charge in [0.05, 0.1) is 0 Å². The number of aromatic nitrogens is 2. The molecular formula is C15H18N4S. The van der Waals surface area contributed by atoms with Gasteiger partial charge in [0.25, 0.3) is 0 Å². The lowest BCUT2D eigenvalue weighted by molar-refractivity contribution is 0.721. The molecule has 104 valence electrons. The molecule has 0 bridgehead atoms. The van der Waals surface area contributed by atoms with Gasteiger partial charge in [-0.15, -0.1) is 11.3 Å². The van der Waals surface area contributed by atoms with E-state index in [4.69, 9.17) is 10.7 Å². The summed E-state index contributed by atoms with van der Waals surface area (Å²) in [6.45, 7) is 4.00. The van der Waals surface area contributed by atoms with E-state index in [0.29, 0.717) is 11.7 Å². The normalized spacial score (nSPS) is 18.1. The van der Waals surface area contributed by atoms with Crippen LogP contribution in [-0.4, -0.2) is 16.5 Å². The molecule has 2 N–H and O–H groups in total. The lowest BCUT2D eigenvalue weighted by Gasteiger charge is -2.29. The van der Waals surface area contributed by atoms with Crippen molar-refractivity contribution in [1.29, 1.82) is 0 Å². The third kappa shape index (κ3) is 1.97. The first-order valence-electron chi connectivity index (χ1n) is 7.16. The molecule has 1 saturated carbocycles. The van der Waals surface area contributed by atoms with E-state index < -0.39 is 0 Å².